The molecule has 3 aromatic heterocycles. The number of unbranched alkanes of at least 4 members (excludes halogenated alkanes) is 3. The maximum Gasteiger partial charge on any atom is 0.338 e. The fourth-order valence-corrected chi connectivity index (χ4v) is 6.61. The number of nitrogens with zero attached hydrogens (tertiary/aromatic N) is 5. The van der Waals surface area contributed by atoms with Crippen molar-refractivity contribution in [2.45, 2.75) is 90.0 Å². The molecule has 300 valence electrons. The first kappa shape index (κ1) is 42.3. The number of carboxylic acids is 1. The second kappa shape index (κ2) is 20.4. The van der Waals surface area contributed by atoms with Gasteiger partial charge in [0, 0.05) is 6.42 Å². The summed E-state index contributed by atoms with van der Waals surface area (Å²) in [6, 6.07) is 16.2. The highest BCUT2D eigenvalue weighted by Gasteiger charge is 2.19. The van der Waals surface area contributed by atoms with Crippen molar-refractivity contribution in [3.8, 4) is 11.5 Å². The Bertz CT molecular complexity index is 2290. The Labute approximate surface area is 336 Å². The van der Waals surface area contributed by atoms with Crippen LogP contribution in [-0.4, -0.2) is 77.3 Å². The number of imidazole rings is 1. The average molecular weight is 795 g/mol. The van der Waals surface area contributed by atoms with Gasteiger partial charge in [-0.15, -0.1) is 11.8 Å². The second-order valence-corrected chi connectivity index (χ2v) is 15.3. The molecule has 6 aromatic rings. The summed E-state index contributed by atoms with van der Waals surface area (Å²) in [4.78, 5) is 38.8. The van der Waals surface area contributed by atoms with Crippen LogP contribution < -0.4 is 9.47 Å². The van der Waals surface area contributed by atoms with Gasteiger partial charge in [-0.05, 0) is 110 Å². The molecule has 0 atom stereocenters. The minimum Gasteiger partial charge on any atom is -0.493 e. The first-order valence-electron chi connectivity index (χ1n) is 19.0. The molecule has 0 aliphatic heterocycles. The molecule has 3 aromatic carbocycles. The third-order valence-corrected chi connectivity index (χ3v) is 10.6. The number of carboxylic acid groups (broad SMARTS) is 1. The smallest absolute Gasteiger partial charge is 0.338 e. The number of benzene rings is 3. The molecule has 0 bridgehead atoms. The highest BCUT2D eigenvalue weighted by Crippen LogP contribution is 2.30. The summed E-state index contributed by atoms with van der Waals surface area (Å²) in [6.45, 7) is 11.6. The summed E-state index contributed by atoms with van der Waals surface area (Å²) in [6.07, 6.45) is 9.09. The van der Waals surface area contributed by atoms with E-state index in [1.165, 1.54) is 24.0 Å². The highest BCUT2D eigenvalue weighted by atomic mass is 32.2. The van der Waals surface area contributed by atoms with Crippen LogP contribution in [0.4, 0.5) is 0 Å². The SMILES string of the molecule is CCC(C)(C)c1ccc(OCCCCOC(=O)c2ccc3n[nH]nc3c2)c(C)c1.Cc1ccc(C(=O)O)cc1OC(=N)CCCCCSc1ncnc2nc[nH]c12. The molecule has 4 N–H and O–H groups in total. The third-order valence-electron chi connectivity index (χ3n) is 9.57. The molecule has 57 heavy (non-hydrogen) atoms. The van der Waals surface area contributed by atoms with Gasteiger partial charge >= 0.3 is 11.9 Å². The van der Waals surface area contributed by atoms with Crippen LogP contribution in [0.5, 0.6) is 11.5 Å². The fraction of sp³-hybridized carbons (Fsp3) is 0.381. The van der Waals surface area contributed by atoms with Gasteiger partial charge in [0.05, 0.1) is 30.7 Å². The number of thioether (sulfide) groups is 1. The quantitative estimate of drug-likeness (QED) is 0.0161. The number of rotatable bonds is 18. The first-order chi connectivity index (χ1) is 27.4. The van der Waals surface area contributed by atoms with Crippen LogP contribution in [0, 0.1) is 19.3 Å². The Morgan fingerprint density at radius 2 is 1.63 bits per heavy atom. The van der Waals surface area contributed by atoms with E-state index in [0.717, 1.165) is 77.2 Å². The monoisotopic (exact) mass is 794 g/mol. The van der Waals surface area contributed by atoms with E-state index in [0.29, 0.717) is 42.1 Å². The minimum absolute atomic E-state index is 0.147. The van der Waals surface area contributed by atoms with Crippen LogP contribution in [0.1, 0.15) is 103 Å². The lowest BCUT2D eigenvalue weighted by Crippen LogP contribution is -2.15. The Morgan fingerprint density at radius 1 is 0.842 bits per heavy atom. The summed E-state index contributed by atoms with van der Waals surface area (Å²) < 4.78 is 16.8. The molecule has 0 unspecified atom stereocenters. The molecule has 0 aliphatic carbocycles. The van der Waals surface area contributed by atoms with E-state index in [2.05, 4.69) is 81.2 Å². The zero-order valence-electron chi connectivity index (χ0n) is 33.1. The van der Waals surface area contributed by atoms with E-state index >= 15 is 0 Å². The Morgan fingerprint density at radius 3 is 2.42 bits per heavy atom. The van der Waals surface area contributed by atoms with E-state index < -0.39 is 5.97 Å². The van der Waals surface area contributed by atoms with E-state index in [1.807, 2.05) is 6.92 Å². The fourth-order valence-electron chi connectivity index (χ4n) is 5.65. The number of fused-ring (bicyclic) bond motifs is 2. The summed E-state index contributed by atoms with van der Waals surface area (Å²) in [5, 5.41) is 28.4. The molecule has 0 aliphatic rings. The van der Waals surface area contributed by atoms with E-state index in [9.17, 15) is 9.59 Å². The summed E-state index contributed by atoms with van der Waals surface area (Å²) in [5.41, 5.74) is 7.00. The average Bonchev–Trinajstić information content (AvgIpc) is 3.89. The maximum absolute atomic E-state index is 12.1. The normalized spacial score (nSPS) is 11.2. The molecular formula is C42H50N8O6S. The topological polar surface area (TPSA) is 202 Å². The van der Waals surface area contributed by atoms with Gasteiger partial charge in [-0.2, -0.15) is 15.4 Å². The number of ether oxygens (including phenoxy) is 3. The number of carbonyl (C=O) groups is 2. The number of nitrogens with one attached hydrogen (secondary N) is 3. The van der Waals surface area contributed by atoms with Crippen molar-refractivity contribution in [3.63, 3.8) is 0 Å². The van der Waals surface area contributed by atoms with Gasteiger partial charge in [-0.1, -0.05) is 45.4 Å². The molecule has 15 heteroatoms. The zero-order valence-corrected chi connectivity index (χ0v) is 33.9. The van der Waals surface area contributed by atoms with Crippen molar-refractivity contribution in [2.75, 3.05) is 19.0 Å². The molecule has 0 fully saturated rings. The second-order valence-electron chi connectivity index (χ2n) is 14.2. The van der Waals surface area contributed by atoms with Gasteiger partial charge in [0.2, 0.25) is 0 Å². The molecule has 14 nitrogen and oxygen atoms in total. The highest BCUT2D eigenvalue weighted by molar-refractivity contribution is 7.99. The predicted octanol–water partition coefficient (Wildman–Crippen LogP) is 9.04. The molecule has 0 amide bonds. The van der Waals surface area contributed by atoms with Crippen LogP contribution in [0.15, 0.2) is 72.3 Å². The van der Waals surface area contributed by atoms with Crippen molar-refractivity contribution in [3.05, 3.63) is 95.1 Å². The first-order valence-corrected chi connectivity index (χ1v) is 20.0. The van der Waals surface area contributed by atoms with Crippen molar-refractivity contribution < 1.29 is 28.9 Å². The number of aromatic carboxylic acids is 1. The molecule has 0 saturated carbocycles. The lowest BCUT2D eigenvalue weighted by Gasteiger charge is -2.24. The van der Waals surface area contributed by atoms with Crippen LogP contribution in [0.25, 0.3) is 22.2 Å². The van der Waals surface area contributed by atoms with Gasteiger partial charge in [-0.25, -0.2) is 24.5 Å². The number of hydrogen-bond donors (Lipinski definition) is 4. The number of aryl methyl sites for hydroxylation is 2. The summed E-state index contributed by atoms with van der Waals surface area (Å²) >= 11 is 1.66. The molecule has 6 rings (SSSR count). The number of carbonyl (C=O) groups excluding carboxylic acids is 1. The van der Waals surface area contributed by atoms with E-state index in [1.54, 1.807) is 42.4 Å². The Balaban J connectivity index is 0.000000218. The van der Waals surface area contributed by atoms with Crippen molar-refractivity contribution in [1.82, 2.24) is 35.3 Å². The molecule has 0 saturated heterocycles. The summed E-state index contributed by atoms with van der Waals surface area (Å²) in [7, 11) is 0. The van der Waals surface area contributed by atoms with Gasteiger partial charge in [0.1, 0.15) is 39.4 Å². The number of aromatic amines is 2. The molecule has 0 spiro atoms. The van der Waals surface area contributed by atoms with Crippen LogP contribution in [-0.2, 0) is 10.2 Å². The van der Waals surface area contributed by atoms with E-state index in [-0.39, 0.29) is 22.8 Å². The van der Waals surface area contributed by atoms with Crippen LogP contribution >= 0.6 is 11.8 Å². The van der Waals surface area contributed by atoms with Crippen molar-refractivity contribution >= 4 is 51.8 Å². The molecule has 3 heterocycles. The van der Waals surface area contributed by atoms with Crippen LogP contribution in [0.2, 0.25) is 0 Å². The Hall–Kier alpha value is -5.83. The van der Waals surface area contributed by atoms with Gasteiger partial charge < -0.3 is 24.3 Å². The van der Waals surface area contributed by atoms with Gasteiger partial charge in [0.25, 0.3) is 0 Å². The Kier molecular flexibility index (Phi) is 15.1. The summed E-state index contributed by atoms with van der Waals surface area (Å²) in [5.74, 6) is 1.05. The zero-order chi connectivity index (χ0) is 40.8. The van der Waals surface area contributed by atoms with E-state index in [4.69, 9.17) is 24.7 Å². The number of hydrogen-bond acceptors (Lipinski definition) is 12. The largest absolute Gasteiger partial charge is 0.493 e. The predicted molar refractivity (Wildman–Crippen MR) is 221 cm³/mol. The van der Waals surface area contributed by atoms with Gasteiger partial charge in [-0.3, -0.25) is 5.41 Å². The lowest BCUT2D eigenvalue weighted by atomic mass is 9.81. The van der Waals surface area contributed by atoms with Crippen molar-refractivity contribution in [2.24, 2.45) is 0 Å². The van der Waals surface area contributed by atoms with Crippen LogP contribution in [0.3, 0.4) is 0 Å². The maximum atomic E-state index is 12.1. The standard InChI is InChI=1S/C23H29N3O3.C19H21N5O3S/c1-5-23(3,4)18-9-11-21(16(2)14-18)28-12-6-7-13-29-22(27)17-8-10-19-20(15-17)25-26-24-19;1-12-6-7-13(19(25)26)9-14(12)27-15(20)5-3-2-4-8-28-18-16-17(22-10-21-16)23-11-24-18/h8-11,14-15H,5-7,12-13H2,1-4H3,(H,24,25,26);6-7,9-11,20H,2-5,8H2,1H3,(H,25,26)(H,21,22,23,24). The molecule has 0 radical (unpaired) electrons. The lowest BCUT2D eigenvalue weighted by molar-refractivity contribution is 0.0493. The third kappa shape index (κ3) is 12.1. The number of H-pyrrole nitrogens is 2. The number of esters is 1. The minimum atomic E-state index is -1.01. The van der Waals surface area contributed by atoms with Crippen molar-refractivity contribution in [1.29, 1.82) is 5.41 Å². The number of aromatic nitrogens is 7. The molecular weight excluding hydrogens is 745 g/mol. The van der Waals surface area contributed by atoms with Gasteiger partial charge in [0.15, 0.2) is 11.5 Å².